The molecule has 2 N–H and O–H groups in total. The summed E-state index contributed by atoms with van der Waals surface area (Å²) in [5.74, 6) is 0. The van der Waals surface area contributed by atoms with Crippen molar-refractivity contribution in [2.45, 2.75) is 45.6 Å². The van der Waals surface area contributed by atoms with Crippen molar-refractivity contribution in [1.82, 2.24) is 10.6 Å². The minimum atomic E-state index is 0.0282. The van der Waals surface area contributed by atoms with E-state index in [0.29, 0.717) is 6.04 Å². The zero-order valence-electron chi connectivity index (χ0n) is 13.2. The topological polar surface area (TPSA) is 44.4 Å². The Balaban J connectivity index is 2.22. The standard InChI is InChI=1S/C17H27N3O/c1-3-11-18-15-9-7-13-20(17(21)19-12-4-2)16-10-6-5-8-14(15)16/h5-6,8,10,15,18H,3-4,7,9,11-13H2,1-2H3,(H,19,21). The van der Waals surface area contributed by atoms with Crippen LogP contribution in [0.25, 0.3) is 0 Å². The Morgan fingerprint density at radius 2 is 2.00 bits per heavy atom. The Bertz CT molecular complexity index is 461. The molecule has 2 amide bonds. The Hall–Kier alpha value is -1.55. The van der Waals surface area contributed by atoms with E-state index < -0.39 is 0 Å². The summed E-state index contributed by atoms with van der Waals surface area (Å²) in [6, 6.07) is 8.67. The number of rotatable bonds is 5. The number of hydrogen-bond donors (Lipinski definition) is 2. The van der Waals surface area contributed by atoms with Crippen molar-refractivity contribution in [3.8, 4) is 0 Å². The third-order valence-electron chi connectivity index (χ3n) is 3.89. The first-order chi connectivity index (χ1) is 10.3. The highest BCUT2D eigenvalue weighted by molar-refractivity contribution is 5.93. The molecule has 0 fully saturated rings. The molecule has 0 bridgehead atoms. The molecule has 0 spiro atoms. The molecule has 2 rings (SSSR count). The van der Waals surface area contributed by atoms with Crippen LogP contribution in [0.3, 0.4) is 0 Å². The van der Waals surface area contributed by atoms with E-state index in [1.165, 1.54) is 5.56 Å². The molecule has 0 saturated heterocycles. The SMILES string of the molecule is CCCNC(=O)N1CCCC(NCCC)c2ccccc21. The number of nitrogens with one attached hydrogen (secondary N) is 2. The summed E-state index contributed by atoms with van der Waals surface area (Å²) in [5, 5.41) is 6.61. The predicted molar refractivity (Wildman–Crippen MR) is 87.7 cm³/mol. The molecule has 1 unspecified atom stereocenters. The van der Waals surface area contributed by atoms with Crippen molar-refractivity contribution in [3.63, 3.8) is 0 Å². The average molecular weight is 289 g/mol. The van der Waals surface area contributed by atoms with E-state index in [1.54, 1.807) is 0 Å². The minimum absolute atomic E-state index is 0.0282. The molecule has 0 saturated carbocycles. The van der Waals surface area contributed by atoms with Crippen molar-refractivity contribution in [1.29, 1.82) is 0 Å². The monoisotopic (exact) mass is 289 g/mol. The van der Waals surface area contributed by atoms with E-state index in [9.17, 15) is 4.79 Å². The molecular formula is C17H27N3O. The number of fused-ring (bicyclic) bond motifs is 1. The Morgan fingerprint density at radius 3 is 2.76 bits per heavy atom. The second-order valence-corrected chi connectivity index (χ2v) is 5.59. The maximum absolute atomic E-state index is 12.4. The van der Waals surface area contributed by atoms with Crippen molar-refractivity contribution in [2.24, 2.45) is 0 Å². The molecule has 1 atom stereocenters. The lowest BCUT2D eigenvalue weighted by Crippen LogP contribution is -2.41. The van der Waals surface area contributed by atoms with Crippen LogP contribution in [-0.4, -0.2) is 25.7 Å². The van der Waals surface area contributed by atoms with Gasteiger partial charge in [-0.2, -0.15) is 0 Å². The van der Waals surface area contributed by atoms with E-state index in [2.05, 4.69) is 42.7 Å². The van der Waals surface area contributed by atoms with Gasteiger partial charge in [-0.15, -0.1) is 0 Å². The maximum Gasteiger partial charge on any atom is 0.321 e. The van der Waals surface area contributed by atoms with Gasteiger partial charge in [0.1, 0.15) is 0 Å². The van der Waals surface area contributed by atoms with Crippen LogP contribution in [0.2, 0.25) is 0 Å². The van der Waals surface area contributed by atoms with Crippen LogP contribution in [0, 0.1) is 0 Å². The highest BCUT2D eigenvalue weighted by atomic mass is 16.2. The lowest BCUT2D eigenvalue weighted by atomic mass is 10.0. The van der Waals surface area contributed by atoms with Crippen LogP contribution in [0.4, 0.5) is 10.5 Å². The molecule has 116 valence electrons. The number of anilines is 1. The molecule has 1 heterocycles. The number of amides is 2. The van der Waals surface area contributed by atoms with Gasteiger partial charge >= 0.3 is 6.03 Å². The van der Waals surface area contributed by atoms with Crippen LogP contribution in [0.15, 0.2) is 24.3 Å². The summed E-state index contributed by atoms with van der Waals surface area (Å²) < 4.78 is 0. The van der Waals surface area contributed by atoms with Crippen molar-refractivity contribution in [3.05, 3.63) is 29.8 Å². The highest BCUT2D eigenvalue weighted by Crippen LogP contribution is 2.32. The summed E-state index contributed by atoms with van der Waals surface area (Å²) in [5.41, 5.74) is 2.30. The van der Waals surface area contributed by atoms with Gasteiger partial charge in [-0.1, -0.05) is 32.0 Å². The molecule has 1 aromatic carbocycles. The second kappa shape index (κ2) is 8.03. The number of urea groups is 1. The van der Waals surface area contributed by atoms with E-state index in [0.717, 1.165) is 51.0 Å². The fourth-order valence-electron chi connectivity index (χ4n) is 2.83. The van der Waals surface area contributed by atoms with E-state index >= 15 is 0 Å². The molecule has 0 aliphatic carbocycles. The predicted octanol–water partition coefficient (Wildman–Crippen LogP) is 3.45. The van der Waals surface area contributed by atoms with Gasteiger partial charge in [-0.3, -0.25) is 4.90 Å². The van der Waals surface area contributed by atoms with Gasteiger partial charge in [0.25, 0.3) is 0 Å². The van der Waals surface area contributed by atoms with Gasteiger partial charge in [-0.05, 0) is 43.9 Å². The van der Waals surface area contributed by atoms with E-state index in [4.69, 9.17) is 0 Å². The van der Waals surface area contributed by atoms with Gasteiger partial charge in [0.05, 0.1) is 5.69 Å². The third-order valence-corrected chi connectivity index (χ3v) is 3.89. The average Bonchev–Trinajstić information content (AvgIpc) is 2.70. The van der Waals surface area contributed by atoms with Crippen molar-refractivity contribution >= 4 is 11.7 Å². The van der Waals surface area contributed by atoms with Crippen LogP contribution >= 0.6 is 0 Å². The smallest absolute Gasteiger partial charge is 0.321 e. The lowest BCUT2D eigenvalue weighted by Gasteiger charge is -2.24. The largest absolute Gasteiger partial charge is 0.338 e. The number of hydrogen-bond acceptors (Lipinski definition) is 2. The fraction of sp³-hybridized carbons (Fsp3) is 0.588. The summed E-state index contributed by atoms with van der Waals surface area (Å²) >= 11 is 0. The van der Waals surface area contributed by atoms with Gasteiger partial charge in [0, 0.05) is 19.1 Å². The maximum atomic E-state index is 12.4. The van der Waals surface area contributed by atoms with Gasteiger partial charge in [0.15, 0.2) is 0 Å². The van der Waals surface area contributed by atoms with Crippen LogP contribution in [-0.2, 0) is 0 Å². The first kappa shape index (κ1) is 15.8. The first-order valence-electron chi connectivity index (χ1n) is 8.15. The van der Waals surface area contributed by atoms with Crippen molar-refractivity contribution in [2.75, 3.05) is 24.5 Å². The molecule has 21 heavy (non-hydrogen) atoms. The molecule has 1 aromatic rings. The molecule has 4 nitrogen and oxygen atoms in total. The highest BCUT2D eigenvalue weighted by Gasteiger charge is 2.25. The number of para-hydroxylation sites is 1. The quantitative estimate of drug-likeness (QED) is 0.872. The summed E-state index contributed by atoms with van der Waals surface area (Å²) in [7, 11) is 0. The summed E-state index contributed by atoms with van der Waals surface area (Å²) in [6.45, 7) is 6.79. The zero-order chi connectivity index (χ0) is 15.1. The Labute approximate surface area is 127 Å². The van der Waals surface area contributed by atoms with Gasteiger partial charge in [-0.25, -0.2) is 4.79 Å². The molecule has 1 aliphatic heterocycles. The molecule has 0 aromatic heterocycles. The normalized spacial score (nSPS) is 18.0. The number of carbonyl (C=O) groups is 1. The fourth-order valence-corrected chi connectivity index (χ4v) is 2.83. The Morgan fingerprint density at radius 1 is 1.24 bits per heavy atom. The van der Waals surface area contributed by atoms with Crippen molar-refractivity contribution < 1.29 is 4.79 Å². The third kappa shape index (κ3) is 3.97. The number of benzene rings is 1. The van der Waals surface area contributed by atoms with E-state index in [-0.39, 0.29) is 6.03 Å². The van der Waals surface area contributed by atoms with E-state index in [1.807, 2.05) is 11.0 Å². The van der Waals surface area contributed by atoms with Gasteiger partial charge < -0.3 is 10.6 Å². The number of carbonyl (C=O) groups excluding carboxylic acids is 1. The first-order valence-corrected chi connectivity index (χ1v) is 8.15. The lowest BCUT2D eigenvalue weighted by molar-refractivity contribution is 0.246. The second-order valence-electron chi connectivity index (χ2n) is 5.59. The number of nitrogens with zero attached hydrogens (tertiary/aromatic N) is 1. The molecule has 4 heteroatoms. The molecular weight excluding hydrogens is 262 g/mol. The Kier molecular flexibility index (Phi) is 6.05. The minimum Gasteiger partial charge on any atom is -0.338 e. The summed E-state index contributed by atoms with van der Waals surface area (Å²) in [6.07, 6.45) is 4.19. The zero-order valence-corrected chi connectivity index (χ0v) is 13.2. The van der Waals surface area contributed by atoms with Crippen LogP contribution < -0.4 is 15.5 Å². The van der Waals surface area contributed by atoms with Crippen LogP contribution in [0.5, 0.6) is 0 Å². The molecule has 0 radical (unpaired) electrons. The van der Waals surface area contributed by atoms with Crippen LogP contribution in [0.1, 0.15) is 51.1 Å². The summed E-state index contributed by atoms with van der Waals surface area (Å²) in [4.78, 5) is 14.3. The molecule has 1 aliphatic rings. The van der Waals surface area contributed by atoms with Gasteiger partial charge in [0.2, 0.25) is 0 Å².